The van der Waals surface area contributed by atoms with Crippen LogP contribution in [-0.4, -0.2) is 13.4 Å². The second-order valence-corrected chi connectivity index (χ2v) is 7.48. The van der Waals surface area contributed by atoms with Crippen LogP contribution in [0.2, 0.25) is 10.0 Å². The maximum Gasteiger partial charge on any atom is 0.339 e. The summed E-state index contributed by atoms with van der Waals surface area (Å²) in [5.74, 6) is 0.125. The molecule has 0 fully saturated rings. The zero-order valence-electron chi connectivity index (χ0n) is 12.5. The van der Waals surface area contributed by atoms with Gasteiger partial charge in [0.05, 0.1) is 15.7 Å². The Morgan fingerprint density at radius 2 is 1.75 bits per heavy atom. The van der Waals surface area contributed by atoms with E-state index in [1.165, 1.54) is 18.2 Å². The van der Waals surface area contributed by atoms with E-state index >= 15 is 0 Å². The molecule has 0 atom stereocenters. The minimum atomic E-state index is -4.14. The van der Waals surface area contributed by atoms with Crippen LogP contribution in [0.4, 0.5) is 5.69 Å². The molecule has 1 heterocycles. The summed E-state index contributed by atoms with van der Waals surface area (Å²) in [7, 11) is -4.14. The average Bonchev–Trinajstić information content (AvgIpc) is 2.52. The highest BCUT2D eigenvalue weighted by atomic mass is 35.5. The van der Waals surface area contributed by atoms with E-state index in [1.54, 1.807) is 6.07 Å². The first kappa shape index (κ1) is 16.8. The van der Waals surface area contributed by atoms with Crippen LogP contribution in [0.25, 0.3) is 10.9 Å². The fraction of sp³-hybridized carbons (Fsp3) is 0.0625. The van der Waals surface area contributed by atoms with Crippen molar-refractivity contribution in [3.8, 4) is 5.75 Å². The first-order valence-corrected chi connectivity index (χ1v) is 9.00. The predicted molar refractivity (Wildman–Crippen MR) is 95.2 cm³/mol. The fourth-order valence-corrected chi connectivity index (χ4v) is 3.76. The van der Waals surface area contributed by atoms with Crippen LogP contribution in [0.5, 0.6) is 5.75 Å². The van der Waals surface area contributed by atoms with Crippen molar-refractivity contribution in [1.82, 2.24) is 4.98 Å². The highest BCUT2D eigenvalue weighted by Gasteiger charge is 2.21. The molecule has 0 radical (unpaired) electrons. The zero-order chi connectivity index (χ0) is 17.5. The molecule has 24 heavy (non-hydrogen) atoms. The lowest BCUT2D eigenvalue weighted by Gasteiger charge is -2.11. The van der Waals surface area contributed by atoms with Gasteiger partial charge in [-0.1, -0.05) is 41.4 Å². The molecule has 0 saturated heterocycles. The zero-order valence-corrected chi connectivity index (χ0v) is 14.8. The first-order valence-electron chi connectivity index (χ1n) is 6.83. The number of hydrogen-bond donors (Lipinski definition) is 1. The number of aryl methyl sites for hydroxylation is 1. The van der Waals surface area contributed by atoms with Gasteiger partial charge >= 0.3 is 10.1 Å². The topological polar surface area (TPSA) is 82.3 Å². The number of nitrogen functional groups attached to an aromatic ring is 1. The highest BCUT2D eigenvalue weighted by Crippen LogP contribution is 2.33. The molecule has 0 spiro atoms. The molecule has 0 aliphatic heterocycles. The van der Waals surface area contributed by atoms with Crippen molar-refractivity contribution >= 4 is 49.9 Å². The normalized spacial score (nSPS) is 11.6. The van der Waals surface area contributed by atoms with E-state index in [9.17, 15) is 8.42 Å². The van der Waals surface area contributed by atoms with Gasteiger partial charge in [-0.05, 0) is 31.2 Å². The Morgan fingerprint density at radius 1 is 1.08 bits per heavy atom. The van der Waals surface area contributed by atoms with Crippen LogP contribution in [0, 0.1) is 6.92 Å². The number of benzene rings is 2. The summed E-state index contributed by atoms with van der Waals surface area (Å²) in [4.78, 5) is 4.16. The van der Waals surface area contributed by atoms with Gasteiger partial charge in [0, 0.05) is 11.1 Å². The third-order valence-electron chi connectivity index (χ3n) is 3.36. The minimum absolute atomic E-state index is 0.0385. The SMILES string of the molecule is Cc1ccc2cccc(OS(=O)(=O)c3cc(Cl)c(N)c(Cl)c3)c2n1. The number of nitrogens with zero attached hydrogens (tertiary/aromatic N) is 1. The van der Waals surface area contributed by atoms with Crippen LogP contribution >= 0.6 is 23.2 Å². The Morgan fingerprint density at radius 3 is 2.42 bits per heavy atom. The molecule has 3 rings (SSSR count). The van der Waals surface area contributed by atoms with Crippen LogP contribution in [0.3, 0.4) is 0 Å². The Labute approximate surface area is 149 Å². The first-order chi connectivity index (χ1) is 11.3. The monoisotopic (exact) mass is 382 g/mol. The van der Waals surface area contributed by atoms with Crippen LogP contribution in [0.15, 0.2) is 47.4 Å². The lowest BCUT2D eigenvalue weighted by molar-refractivity contribution is 0.488. The molecule has 1 aromatic heterocycles. The van der Waals surface area contributed by atoms with E-state index in [0.717, 1.165) is 11.1 Å². The number of rotatable bonds is 3. The molecule has 2 N–H and O–H groups in total. The highest BCUT2D eigenvalue weighted by molar-refractivity contribution is 7.87. The number of hydrogen-bond acceptors (Lipinski definition) is 5. The molecule has 3 aromatic rings. The lowest BCUT2D eigenvalue weighted by atomic mass is 10.2. The molecule has 0 aliphatic carbocycles. The van der Waals surface area contributed by atoms with Crippen LogP contribution < -0.4 is 9.92 Å². The van der Waals surface area contributed by atoms with Gasteiger partial charge in [-0.15, -0.1) is 0 Å². The van der Waals surface area contributed by atoms with Gasteiger partial charge in [-0.3, -0.25) is 0 Å². The molecular weight excluding hydrogens is 371 g/mol. The standard InChI is InChI=1S/C16H12Cl2N2O3S/c1-9-5-6-10-3-2-4-14(16(10)20-9)23-24(21,22)11-7-12(17)15(19)13(18)8-11/h2-8H,19H2,1H3. The van der Waals surface area contributed by atoms with Crippen LogP contribution in [0.1, 0.15) is 5.69 Å². The van der Waals surface area contributed by atoms with Gasteiger partial charge in [0.1, 0.15) is 10.4 Å². The van der Waals surface area contributed by atoms with Crippen molar-refractivity contribution in [2.45, 2.75) is 11.8 Å². The number of anilines is 1. The largest absolute Gasteiger partial charge is 0.396 e. The van der Waals surface area contributed by atoms with Crippen molar-refractivity contribution in [3.63, 3.8) is 0 Å². The maximum atomic E-state index is 12.5. The Hall–Kier alpha value is -2.02. The third-order valence-corrected chi connectivity index (χ3v) is 5.20. The molecule has 124 valence electrons. The Bertz CT molecular complexity index is 1030. The summed E-state index contributed by atoms with van der Waals surface area (Å²) in [5, 5.41) is 0.842. The number of para-hydroxylation sites is 1. The van der Waals surface area contributed by atoms with Gasteiger partial charge in [-0.25, -0.2) is 4.98 Å². The molecular formula is C16H12Cl2N2O3S. The lowest BCUT2D eigenvalue weighted by Crippen LogP contribution is -2.11. The molecule has 0 saturated carbocycles. The van der Waals surface area contributed by atoms with E-state index in [1.807, 2.05) is 25.1 Å². The van der Waals surface area contributed by atoms with Gasteiger partial charge in [0.15, 0.2) is 5.75 Å². The van der Waals surface area contributed by atoms with Gasteiger partial charge in [-0.2, -0.15) is 8.42 Å². The molecule has 5 nitrogen and oxygen atoms in total. The van der Waals surface area contributed by atoms with Crippen molar-refractivity contribution < 1.29 is 12.6 Å². The van der Waals surface area contributed by atoms with Crippen molar-refractivity contribution in [1.29, 1.82) is 0 Å². The summed E-state index contributed by atoms with van der Waals surface area (Å²) in [6.45, 7) is 1.81. The third kappa shape index (κ3) is 3.13. The Kier molecular flexibility index (Phi) is 4.29. The second kappa shape index (κ2) is 6.12. The maximum absolute atomic E-state index is 12.5. The van der Waals surface area contributed by atoms with Gasteiger partial charge in [0.25, 0.3) is 0 Å². The minimum Gasteiger partial charge on any atom is -0.396 e. The molecule has 0 aliphatic rings. The predicted octanol–water partition coefficient (Wildman–Crippen LogP) is 4.20. The molecule has 0 unspecified atom stereocenters. The van der Waals surface area contributed by atoms with Crippen molar-refractivity contribution in [3.05, 3.63) is 58.2 Å². The number of pyridine rings is 1. The van der Waals surface area contributed by atoms with Crippen LogP contribution in [-0.2, 0) is 10.1 Å². The smallest absolute Gasteiger partial charge is 0.339 e. The van der Waals surface area contributed by atoms with Crippen molar-refractivity contribution in [2.24, 2.45) is 0 Å². The van der Waals surface area contributed by atoms with E-state index < -0.39 is 10.1 Å². The van der Waals surface area contributed by atoms with E-state index in [-0.39, 0.29) is 26.4 Å². The van der Waals surface area contributed by atoms with E-state index in [4.69, 9.17) is 33.1 Å². The number of halogens is 2. The van der Waals surface area contributed by atoms with E-state index in [0.29, 0.717) is 5.52 Å². The summed E-state index contributed by atoms with van der Waals surface area (Å²) in [5.41, 5.74) is 6.94. The summed E-state index contributed by atoms with van der Waals surface area (Å²) >= 11 is 11.8. The molecule has 2 aromatic carbocycles. The van der Waals surface area contributed by atoms with Crippen molar-refractivity contribution in [2.75, 3.05) is 5.73 Å². The number of nitrogens with two attached hydrogens (primary N) is 1. The summed E-state index contributed by atoms with van der Waals surface area (Å²) in [6.07, 6.45) is 0. The number of fused-ring (bicyclic) bond motifs is 1. The summed E-state index contributed by atoms with van der Waals surface area (Å²) < 4.78 is 30.3. The number of aromatic nitrogens is 1. The van der Waals surface area contributed by atoms with E-state index in [2.05, 4.69) is 4.98 Å². The molecule has 0 bridgehead atoms. The molecule has 8 heteroatoms. The average molecular weight is 383 g/mol. The quantitative estimate of drug-likeness (QED) is 0.542. The van der Waals surface area contributed by atoms with Gasteiger partial charge in [0.2, 0.25) is 0 Å². The Balaban J connectivity index is 2.09. The summed E-state index contributed by atoms with van der Waals surface area (Å²) in [6, 6.07) is 11.1. The molecule has 0 amide bonds. The second-order valence-electron chi connectivity index (χ2n) is 5.12. The fourth-order valence-electron chi connectivity index (χ4n) is 2.16. The van der Waals surface area contributed by atoms with Gasteiger partial charge < -0.3 is 9.92 Å².